The van der Waals surface area contributed by atoms with Crippen molar-refractivity contribution in [2.24, 2.45) is 11.3 Å². The maximum atomic E-state index is 12.5. The van der Waals surface area contributed by atoms with Crippen LogP contribution in [0.4, 0.5) is 0 Å². The third-order valence-corrected chi connectivity index (χ3v) is 4.82. The van der Waals surface area contributed by atoms with Gasteiger partial charge in [0.05, 0.1) is 12.6 Å². The number of hydrogen-bond donors (Lipinski definition) is 1. The maximum Gasteiger partial charge on any atom is 0.230 e. The molecule has 2 fully saturated rings. The fourth-order valence-corrected chi connectivity index (χ4v) is 3.88. The maximum absolute atomic E-state index is 12.5. The van der Waals surface area contributed by atoms with E-state index in [1.165, 1.54) is 11.3 Å². The van der Waals surface area contributed by atoms with E-state index < -0.39 is 0 Å². The first kappa shape index (κ1) is 15.5. The van der Waals surface area contributed by atoms with Crippen LogP contribution in [0, 0.1) is 11.3 Å². The van der Waals surface area contributed by atoms with E-state index in [1.54, 1.807) is 0 Å². The van der Waals surface area contributed by atoms with Crippen molar-refractivity contribution in [3.05, 3.63) is 0 Å². The number of aliphatic hydroxyl groups is 1. The molecule has 2 amide bonds. The highest BCUT2D eigenvalue weighted by molar-refractivity contribution is 5.99. The summed E-state index contributed by atoms with van der Waals surface area (Å²) in [6, 6.07) is -0.337. The molecule has 0 aromatic rings. The normalized spacial score (nSPS) is 24.5. The molecule has 1 atom stereocenters. The Hall–Kier alpha value is -0.900. The van der Waals surface area contributed by atoms with Crippen LogP contribution in [0.3, 0.4) is 0 Å². The van der Waals surface area contributed by atoms with E-state index in [4.69, 9.17) is 0 Å². The minimum absolute atomic E-state index is 0.0668. The van der Waals surface area contributed by atoms with Crippen LogP contribution in [0.1, 0.15) is 65.2 Å². The van der Waals surface area contributed by atoms with Crippen LogP contribution in [-0.2, 0) is 9.59 Å². The minimum Gasteiger partial charge on any atom is -0.394 e. The van der Waals surface area contributed by atoms with Gasteiger partial charge in [-0.05, 0) is 30.6 Å². The predicted molar refractivity (Wildman–Crippen MR) is 76.9 cm³/mol. The molecule has 1 saturated heterocycles. The lowest BCUT2D eigenvalue weighted by molar-refractivity contribution is -0.159. The largest absolute Gasteiger partial charge is 0.394 e. The van der Waals surface area contributed by atoms with Gasteiger partial charge >= 0.3 is 0 Å². The molecule has 0 aromatic carbocycles. The molecule has 114 valence electrons. The molecule has 2 rings (SSSR count). The van der Waals surface area contributed by atoms with Crippen LogP contribution in [0.25, 0.3) is 0 Å². The fraction of sp³-hybridized carbons (Fsp3) is 0.875. The van der Waals surface area contributed by atoms with E-state index >= 15 is 0 Å². The zero-order valence-electron chi connectivity index (χ0n) is 12.7. The van der Waals surface area contributed by atoms with E-state index in [0.717, 1.165) is 25.7 Å². The Morgan fingerprint density at radius 2 is 1.65 bits per heavy atom. The van der Waals surface area contributed by atoms with Crippen molar-refractivity contribution in [3.8, 4) is 0 Å². The van der Waals surface area contributed by atoms with Crippen molar-refractivity contribution in [1.82, 2.24) is 4.90 Å². The average molecular weight is 281 g/mol. The van der Waals surface area contributed by atoms with Crippen molar-refractivity contribution in [1.29, 1.82) is 0 Å². The quantitative estimate of drug-likeness (QED) is 0.805. The molecule has 1 spiro atoms. The number of nitrogens with zero attached hydrogens (tertiary/aromatic N) is 1. The van der Waals surface area contributed by atoms with E-state index in [1.807, 2.05) is 13.8 Å². The van der Waals surface area contributed by atoms with E-state index in [2.05, 4.69) is 0 Å². The van der Waals surface area contributed by atoms with Gasteiger partial charge in [-0.2, -0.15) is 0 Å². The van der Waals surface area contributed by atoms with Crippen LogP contribution >= 0.6 is 0 Å². The predicted octanol–water partition coefficient (Wildman–Crippen LogP) is 2.49. The van der Waals surface area contributed by atoms with Gasteiger partial charge < -0.3 is 5.11 Å². The Morgan fingerprint density at radius 3 is 2.10 bits per heavy atom. The Balaban J connectivity index is 2.10. The number of imide groups is 1. The van der Waals surface area contributed by atoms with Gasteiger partial charge in [-0.15, -0.1) is 0 Å². The van der Waals surface area contributed by atoms with Gasteiger partial charge in [-0.1, -0.05) is 33.1 Å². The summed E-state index contributed by atoms with van der Waals surface area (Å²) < 4.78 is 0. The lowest BCUT2D eigenvalue weighted by atomic mass is 9.67. The molecule has 0 radical (unpaired) electrons. The summed E-state index contributed by atoms with van der Waals surface area (Å²) in [5.41, 5.74) is -0.0687. The summed E-state index contributed by atoms with van der Waals surface area (Å²) in [6.45, 7) is 3.97. The molecule has 1 unspecified atom stereocenters. The first-order valence-corrected chi connectivity index (χ1v) is 7.93. The van der Waals surface area contributed by atoms with Gasteiger partial charge in [-0.25, -0.2) is 0 Å². The third kappa shape index (κ3) is 3.22. The SMILES string of the molecule is CC(C)CC(CO)N1C(=O)CC2(CCCCC2)CC1=O. The molecule has 0 bridgehead atoms. The van der Waals surface area contributed by atoms with Crippen LogP contribution in [0.5, 0.6) is 0 Å². The fourth-order valence-electron chi connectivity index (χ4n) is 3.88. The van der Waals surface area contributed by atoms with Crippen molar-refractivity contribution in [2.45, 2.75) is 71.3 Å². The molecule has 4 nitrogen and oxygen atoms in total. The molecule has 1 N–H and O–H groups in total. The number of carbonyl (C=O) groups excluding carboxylic acids is 2. The molecule has 1 aliphatic heterocycles. The Morgan fingerprint density at radius 1 is 1.10 bits per heavy atom. The highest BCUT2D eigenvalue weighted by atomic mass is 16.3. The molecule has 1 heterocycles. The number of aliphatic hydroxyl groups excluding tert-OH is 1. The van der Waals surface area contributed by atoms with Crippen molar-refractivity contribution >= 4 is 11.8 Å². The highest BCUT2D eigenvalue weighted by Crippen LogP contribution is 2.45. The van der Waals surface area contributed by atoms with Gasteiger partial charge in [0.2, 0.25) is 11.8 Å². The lowest BCUT2D eigenvalue weighted by Crippen LogP contribution is -2.54. The third-order valence-electron chi connectivity index (χ3n) is 4.82. The molecule has 1 saturated carbocycles. The summed E-state index contributed by atoms with van der Waals surface area (Å²) >= 11 is 0. The first-order valence-electron chi connectivity index (χ1n) is 7.93. The summed E-state index contributed by atoms with van der Waals surface area (Å²) in [5.74, 6) is 0.226. The van der Waals surface area contributed by atoms with Gasteiger partial charge in [0.15, 0.2) is 0 Å². The number of rotatable bonds is 4. The topological polar surface area (TPSA) is 57.6 Å². The summed E-state index contributed by atoms with van der Waals surface area (Å²) in [5, 5.41) is 9.52. The first-order chi connectivity index (χ1) is 9.47. The Kier molecular flexibility index (Phi) is 4.84. The molecule has 0 aromatic heterocycles. The minimum atomic E-state index is -0.337. The second kappa shape index (κ2) is 6.25. The second-order valence-electron chi connectivity index (χ2n) is 7.04. The molecule has 4 heteroatoms. The molecule has 1 aliphatic carbocycles. The zero-order valence-corrected chi connectivity index (χ0v) is 12.7. The summed E-state index contributed by atoms with van der Waals surface area (Å²) in [6.07, 6.45) is 7.17. The molecule has 2 aliphatic rings. The highest BCUT2D eigenvalue weighted by Gasteiger charge is 2.45. The number of likely N-dealkylation sites (tertiary alicyclic amines) is 1. The average Bonchev–Trinajstić information content (AvgIpc) is 2.36. The Labute approximate surface area is 121 Å². The molecular weight excluding hydrogens is 254 g/mol. The van der Waals surface area contributed by atoms with E-state index in [9.17, 15) is 14.7 Å². The van der Waals surface area contributed by atoms with Crippen LogP contribution < -0.4 is 0 Å². The number of piperidine rings is 1. The van der Waals surface area contributed by atoms with Crippen molar-refractivity contribution < 1.29 is 14.7 Å². The van der Waals surface area contributed by atoms with E-state index in [0.29, 0.717) is 25.2 Å². The zero-order chi connectivity index (χ0) is 14.8. The van der Waals surface area contributed by atoms with Crippen LogP contribution in [0.2, 0.25) is 0 Å². The lowest BCUT2D eigenvalue weighted by Gasteiger charge is -2.44. The Bertz CT molecular complexity index is 352. The van der Waals surface area contributed by atoms with Gasteiger partial charge in [0.25, 0.3) is 0 Å². The van der Waals surface area contributed by atoms with Gasteiger partial charge in [0, 0.05) is 12.8 Å². The summed E-state index contributed by atoms with van der Waals surface area (Å²) in [7, 11) is 0. The van der Waals surface area contributed by atoms with Crippen molar-refractivity contribution in [2.75, 3.05) is 6.61 Å². The number of carbonyl (C=O) groups is 2. The number of amides is 2. The smallest absolute Gasteiger partial charge is 0.230 e. The number of hydrogen-bond acceptors (Lipinski definition) is 3. The monoisotopic (exact) mass is 281 g/mol. The van der Waals surface area contributed by atoms with E-state index in [-0.39, 0.29) is 29.9 Å². The van der Waals surface area contributed by atoms with Gasteiger partial charge in [-0.3, -0.25) is 14.5 Å². The standard InChI is InChI=1S/C16H27NO3/c1-12(2)8-13(11-18)17-14(19)9-16(10-15(17)20)6-4-3-5-7-16/h12-13,18H,3-11H2,1-2H3. The second-order valence-corrected chi connectivity index (χ2v) is 7.04. The molecular formula is C16H27NO3. The molecule has 20 heavy (non-hydrogen) atoms. The van der Waals surface area contributed by atoms with Crippen molar-refractivity contribution in [3.63, 3.8) is 0 Å². The van der Waals surface area contributed by atoms with Crippen LogP contribution in [0.15, 0.2) is 0 Å². The van der Waals surface area contributed by atoms with Gasteiger partial charge in [0.1, 0.15) is 0 Å². The van der Waals surface area contributed by atoms with Crippen LogP contribution in [-0.4, -0.2) is 34.5 Å². The summed E-state index contributed by atoms with van der Waals surface area (Å²) in [4.78, 5) is 26.3.